The molecule has 5 rings (SSSR count). The number of fused-ring (bicyclic) bond motifs is 2. The van der Waals surface area contributed by atoms with Gasteiger partial charge in [0.25, 0.3) is 6.33 Å². The maximum atomic E-state index is 12.7. The van der Waals surface area contributed by atoms with Gasteiger partial charge in [0.1, 0.15) is 0 Å². The molecule has 0 bridgehead atoms. The molecular formula is C21H15N3OS2. The lowest BCUT2D eigenvalue weighted by molar-refractivity contribution is -0.583. The lowest BCUT2D eigenvalue weighted by Gasteiger charge is -2.12. The van der Waals surface area contributed by atoms with Crippen molar-refractivity contribution < 1.29 is 9.51 Å². The first kappa shape index (κ1) is 16.4. The number of thiazole rings is 1. The van der Waals surface area contributed by atoms with E-state index < -0.39 is 0 Å². The van der Waals surface area contributed by atoms with Gasteiger partial charge in [-0.3, -0.25) is 0 Å². The third kappa shape index (κ3) is 2.78. The van der Waals surface area contributed by atoms with Crippen molar-refractivity contribution in [3.63, 3.8) is 0 Å². The van der Waals surface area contributed by atoms with Gasteiger partial charge >= 0.3 is 0 Å². The second-order valence-corrected chi connectivity index (χ2v) is 8.33. The lowest BCUT2D eigenvalue weighted by atomic mass is 10.2. The summed E-state index contributed by atoms with van der Waals surface area (Å²) in [5, 5.41) is 13.8. The molecule has 0 unspecified atom stereocenters. The molecule has 4 aromatic rings. The summed E-state index contributed by atoms with van der Waals surface area (Å²) in [4.78, 5) is 9.53. The molecule has 0 aliphatic carbocycles. The van der Waals surface area contributed by atoms with E-state index >= 15 is 0 Å². The summed E-state index contributed by atoms with van der Waals surface area (Å²) in [6, 6.07) is 20.1. The molecule has 0 N–H and O–H groups in total. The minimum Gasteiger partial charge on any atom is -0.841 e. The number of anilines is 1. The molecule has 0 saturated heterocycles. The number of benzene rings is 2. The monoisotopic (exact) mass is 389 g/mol. The van der Waals surface area contributed by atoms with Gasteiger partial charge in [-0.2, -0.15) is 4.40 Å². The molecule has 1 aliphatic heterocycles. The average molecular weight is 390 g/mol. The number of hydrogen-bond acceptors (Lipinski definition) is 5. The maximum absolute atomic E-state index is 12.7. The smallest absolute Gasteiger partial charge is 0.292 e. The van der Waals surface area contributed by atoms with Crippen LogP contribution in [0, 0.1) is 0 Å². The Bertz CT molecular complexity index is 1180. The first-order valence-corrected chi connectivity index (χ1v) is 10.1. The number of aromatic nitrogens is 2. The summed E-state index contributed by atoms with van der Waals surface area (Å²) >= 11 is 3.23. The summed E-state index contributed by atoms with van der Waals surface area (Å²) < 4.78 is 1.62. The van der Waals surface area contributed by atoms with E-state index in [9.17, 15) is 5.11 Å². The Labute approximate surface area is 165 Å². The molecule has 0 saturated carbocycles. The number of rotatable bonds is 2. The Kier molecular flexibility index (Phi) is 3.88. The molecule has 6 heteroatoms. The zero-order chi connectivity index (χ0) is 18.4. The van der Waals surface area contributed by atoms with Crippen LogP contribution in [-0.2, 0) is 0 Å². The second kappa shape index (κ2) is 6.40. The predicted molar refractivity (Wildman–Crippen MR) is 109 cm³/mol. The van der Waals surface area contributed by atoms with Crippen molar-refractivity contribution >= 4 is 39.7 Å². The van der Waals surface area contributed by atoms with Gasteiger partial charge < -0.3 is 10.0 Å². The highest BCUT2D eigenvalue weighted by atomic mass is 32.2. The lowest BCUT2D eigenvalue weighted by Crippen LogP contribution is -2.24. The van der Waals surface area contributed by atoms with Crippen LogP contribution in [0.25, 0.3) is 21.3 Å². The molecular weight excluding hydrogens is 374 g/mol. The minimum atomic E-state index is -0.0207. The molecule has 132 valence electrons. The summed E-state index contributed by atoms with van der Waals surface area (Å²) in [7, 11) is 2.06. The van der Waals surface area contributed by atoms with E-state index in [-0.39, 0.29) is 5.88 Å². The van der Waals surface area contributed by atoms with Gasteiger partial charge in [0.15, 0.2) is 10.5 Å². The van der Waals surface area contributed by atoms with E-state index in [4.69, 9.17) is 0 Å². The topological polar surface area (TPSA) is 43.3 Å². The molecule has 0 fully saturated rings. The standard InChI is InChI=1S/C21H15N3OS2/c1-23-16-9-5-6-10-17(16)26-18(23)11-15-12-19-24(13-22-15)21(25)20(27-19)14-7-3-2-4-8-14/h2-13H,1H3. The number of nitrogens with zero attached hydrogens (tertiary/aromatic N) is 3. The van der Waals surface area contributed by atoms with Gasteiger partial charge in [0.05, 0.1) is 21.5 Å². The molecule has 4 nitrogen and oxygen atoms in total. The van der Waals surface area contributed by atoms with Crippen molar-refractivity contribution in [2.45, 2.75) is 4.90 Å². The SMILES string of the molecule is CN1C(=Cc2cc3sc(-c4ccccc4)c([O-])[n+]3cn2)Sc2ccccc21. The average Bonchev–Trinajstić information content (AvgIpc) is 3.20. The summed E-state index contributed by atoms with van der Waals surface area (Å²) in [5.41, 5.74) is 2.99. The number of thioether (sulfide) groups is 1. The molecule has 3 heterocycles. The first-order valence-electron chi connectivity index (χ1n) is 8.50. The summed E-state index contributed by atoms with van der Waals surface area (Å²) in [6.45, 7) is 0. The van der Waals surface area contributed by atoms with E-state index in [1.165, 1.54) is 21.9 Å². The fourth-order valence-electron chi connectivity index (χ4n) is 3.13. The van der Waals surface area contributed by atoms with Gasteiger partial charge in [-0.05, 0) is 22.7 Å². The van der Waals surface area contributed by atoms with Crippen LogP contribution in [0.3, 0.4) is 0 Å². The van der Waals surface area contributed by atoms with Crippen LogP contribution in [0.4, 0.5) is 5.69 Å². The van der Waals surface area contributed by atoms with Crippen LogP contribution < -0.4 is 14.4 Å². The van der Waals surface area contributed by atoms with Crippen molar-refractivity contribution in [3.05, 3.63) is 77.7 Å². The molecule has 27 heavy (non-hydrogen) atoms. The van der Waals surface area contributed by atoms with Crippen LogP contribution in [0.15, 0.2) is 76.9 Å². The molecule has 0 atom stereocenters. The highest BCUT2D eigenvalue weighted by molar-refractivity contribution is 8.03. The summed E-state index contributed by atoms with van der Waals surface area (Å²) in [6.07, 6.45) is 3.69. The van der Waals surface area contributed by atoms with Crippen LogP contribution in [0.5, 0.6) is 5.88 Å². The quantitative estimate of drug-likeness (QED) is 0.483. The van der Waals surface area contributed by atoms with Crippen molar-refractivity contribution in [2.24, 2.45) is 0 Å². The molecule has 2 aromatic carbocycles. The van der Waals surface area contributed by atoms with Gasteiger partial charge in [-0.15, -0.1) is 0 Å². The highest BCUT2D eigenvalue weighted by Gasteiger charge is 2.22. The zero-order valence-electron chi connectivity index (χ0n) is 14.5. The van der Waals surface area contributed by atoms with Crippen molar-refractivity contribution in [3.8, 4) is 16.3 Å². The first-order chi connectivity index (χ1) is 13.2. The zero-order valence-corrected chi connectivity index (χ0v) is 16.1. The predicted octanol–water partition coefficient (Wildman–Crippen LogP) is 4.16. The Morgan fingerprint density at radius 1 is 1.07 bits per heavy atom. The molecule has 0 radical (unpaired) electrons. The maximum Gasteiger partial charge on any atom is 0.292 e. The Morgan fingerprint density at radius 3 is 2.67 bits per heavy atom. The normalized spacial score (nSPS) is 14.9. The van der Waals surface area contributed by atoms with Gasteiger partial charge in [-0.25, -0.2) is 0 Å². The van der Waals surface area contributed by atoms with E-state index in [2.05, 4.69) is 41.2 Å². The van der Waals surface area contributed by atoms with Gasteiger partial charge in [-0.1, -0.05) is 65.6 Å². The van der Waals surface area contributed by atoms with Gasteiger partial charge in [0.2, 0.25) is 0 Å². The fourth-order valence-corrected chi connectivity index (χ4v) is 5.28. The third-order valence-corrected chi connectivity index (χ3v) is 6.83. The van der Waals surface area contributed by atoms with E-state index in [1.54, 1.807) is 22.5 Å². The summed E-state index contributed by atoms with van der Waals surface area (Å²) in [5.74, 6) is -0.0207. The Hall–Kier alpha value is -2.83. The highest BCUT2D eigenvalue weighted by Crippen LogP contribution is 2.45. The van der Waals surface area contributed by atoms with Crippen molar-refractivity contribution in [2.75, 3.05) is 11.9 Å². The van der Waals surface area contributed by atoms with E-state index in [0.29, 0.717) is 0 Å². The van der Waals surface area contributed by atoms with Crippen molar-refractivity contribution in [1.29, 1.82) is 0 Å². The molecule has 0 spiro atoms. The Morgan fingerprint density at radius 2 is 1.85 bits per heavy atom. The fraction of sp³-hybridized carbons (Fsp3) is 0.0476. The van der Waals surface area contributed by atoms with E-state index in [1.807, 2.05) is 42.5 Å². The Balaban J connectivity index is 1.55. The minimum absolute atomic E-state index is 0.0207. The molecule has 1 aliphatic rings. The van der Waals surface area contributed by atoms with Crippen LogP contribution >= 0.6 is 23.1 Å². The third-order valence-electron chi connectivity index (χ3n) is 4.53. The second-order valence-electron chi connectivity index (χ2n) is 6.24. The van der Waals surface area contributed by atoms with E-state index in [0.717, 1.165) is 26.0 Å². The van der Waals surface area contributed by atoms with Crippen LogP contribution in [0.2, 0.25) is 0 Å². The largest absolute Gasteiger partial charge is 0.841 e. The van der Waals surface area contributed by atoms with Crippen molar-refractivity contribution in [1.82, 2.24) is 4.98 Å². The van der Waals surface area contributed by atoms with Crippen LogP contribution in [-0.4, -0.2) is 12.0 Å². The number of para-hydroxylation sites is 1. The van der Waals surface area contributed by atoms with Gasteiger partial charge in [0, 0.05) is 24.1 Å². The van der Waals surface area contributed by atoms with Crippen LogP contribution in [0.1, 0.15) is 5.69 Å². The molecule has 0 amide bonds. The molecule has 2 aromatic heterocycles. The number of hydrogen-bond donors (Lipinski definition) is 0.